The van der Waals surface area contributed by atoms with E-state index in [2.05, 4.69) is 26.6 Å². The van der Waals surface area contributed by atoms with Gasteiger partial charge >= 0.3 is 0 Å². The van der Waals surface area contributed by atoms with Crippen molar-refractivity contribution in [2.75, 3.05) is 0 Å². The van der Waals surface area contributed by atoms with Crippen molar-refractivity contribution >= 4 is 33.7 Å². The van der Waals surface area contributed by atoms with Crippen molar-refractivity contribution in [3.63, 3.8) is 0 Å². The van der Waals surface area contributed by atoms with Crippen LogP contribution in [0.4, 0.5) is 4.39 Å². The smallest absolute Gasteiger partial charge is 0.243 e. The van der Waals surface area contributed by atoms with E-state index in [0.717, 1.165) is 10.0 Å². The molecule has 4 N–H and O–H groups in total. The molecule has 0 heterocycles. The number of primary amides is 1. The molecule has 28 heavy (non-hydrogen) atoms. The number of carbonyl (C=O) groups excluding carboxylic acids is 3. The van der Waals surface area contributed by atoms with Crippen LogP contribution in [0.1, 0.15) is 18.1 Å². The summed E-state index contributed by atoms with van der Waals surface area (Å²) in [5, 5.41) is 5.16. The number of halogens is 2. The Hall–Kier alpha value is -2.74. The van der Waals surface area contributed by atoms with Gasteiger partial charge in [0, 0.05) is 24.2 Å². The summed E-state index contributed by atoms with van der Waals surface area (Å²) >= 11 is 3.33. The Morgan fingerprint density at radius 2 is 1.43 bits per heavy atom. The van der Waals surface area contributed by atoms with Gasteiger partial charge in [0.15, 0.2) is 0 Å². The second-order valence-corrected chi connectivity index (χ2v) is 7.29. The Morgan fingerprint density at radius 1 is 0.929 bits per heavy atom. The van der Waals surface area contributed by atoms with E-state index in [1.54, 1.807) is 0 Å². The highest BCUT2D eigenvalue weighted by Crippen LogP contribution is 2.12. The number of nitrogens with one attached hydrogen (secondary N) is 2. The molecule has 0 aromatic heterocycles. The second kappa shape index (κ2) is 9.98. The zero-order chi connectivity index (χ0) is 20.7. The molecule has 0 fully saturated rings. The van der Waals surface area contributed by atoms with E-state index in [1.165, 1.54) is 31.2 Å². The van der Waals surface area contributed by atoms with Crippen molar-refractivity contribution in [1.29, 1.82) is 0 Å². The van der Waals surface area contributed by atoms with Crippen LogP contribution in [0.3, 0.4) is 0 Å². The number of rotatable bonds is 8. The molecule has 0 saturated carbocycles. The average molecular weight is 450 g/mol. The third kappa shape index (κ3) is 6.77. The molecular weight excluding hydrogens is 429 g/mol. The minimum absolute atomic E-state index is 0.148. The van der Waals surface area contributed by atoms with Crippen molar-refractivity contribution in [1.82, 2.24) is 10.6 Å². The molecular formula is C20H21BrFN3O3. The van der Waals surface area contributed by atoms with Gasteiger partial charge in [-0.3, -0.25) is 14.4 Å². The van der Waals surface area contributed by atoms with E-state index >= 15 is 0 Å². The second-order valence-electron chi connectivity index (χ2n) is 6.38. The Balaban J connectivity index is 2.11. The standard InChI is InChI=1S/C20H21BrFN3O3/c1-12(26)24-18(11-14-4-8-16(22)9-5-14)20(28)25-17(19(23)27)10-13-2-6-15(21)7-3-13/h2-9,17-18H,10-11H2,1H3,(H2,23,27)(H,24,26)(H,25,28)/t17-,18-/m1/s1. The highest BCUT2D eigenvalue weighted by atomic mass is 79.9. The molecule has 8 heteroatoms. The van der Waals surface area contributed by atoms with Crippen LogP contribution in [0.5, 0.6) is 0 Å². The Morgan fingerprint density at radius 3 is 1.93 bits per heavy atom. The van der Waals surface area contributed by atoms with E-state index in [1.807, 2.05) is 24.3 Å². The summed E-state index contributed by atoms with van der Waals surface area (Å²) in [6.45, 7) is 1.29. The van der Waals surface area contributed by atoms with E-state index in [9.17, 15) is 18.8 Å². The van der Waals surface area contributed by atoms with Gasteiger partial charge in [-0.05, 0) is 35.4 Å². The highest BCUT2D eigenvalue weighted by molar-refractivity contribution is 9.10. The zero-order valence-corrected chi connectivity index (χ0v) is 16.8. The van der Waals surface area contributed by atoms with Crippen LogP contribution in [0.15, 0.2) is 53.0 Å². The maximum atomic E-state index is 13.1. The topological polar surface area (TPSA) is 101 Å². The number of hydrogen-bond acceptors (Lipinski definition) is 3. The molecule has 0 bridgehead atoms. The molecule has 2 aromatic rings. The monoisotopic (exact) mass is 449 g/mol. The van der Waals surface area contributed by atoms with Crippen LogP contribution in [-0.2, 0) is 27.2 Å². The molecule has 0 aliphatic rings. The molecule has 148 valence electrons. The summed E-state index contributed by atoms with van der Waals surface area (Å²) in [4.78, 5) is 36.0. The van der Waals surface area contributed by atoms with Crippen molar-refractivity contribution in [2.45, 2.75) is 31.8 Å². The summed E-state index contributed by atoms with van der Waals surface area (Å²) in [7, 11) is 0. The predicted octanol–water partition coefficient (Wildman–Crippen LogP) is 1.85. The summed E-state index contributed by atoms with van der Waals surface area (Å²) in [6, 6.07) is 11.0. The van der Waals surface area contributed by atoms with E-state index in [0.29, 0.717) is 5.56 Å². The van der Waals surface area contributed by atoms with Crippen LogP contribution >= 0.6 is 15.9 Å². The molecule has 0 aliphatic carbocycles. The molecule has 0 unspecified atom stereocenters. The lowest BCUT2D eigenvalue weighted by Crippen LogP contribution is -2.54. The maximum Gasteiger partial charge on any atom is 0.243 e. The minimum atomic E-state index is -0.932. The number of benzene rings is 2. The molecule has 2 rings (SSSR count). The Labute approximate surface area is 170 Å². The number of carbonyl (C=O) groups is 3. The van der Waals surface area contributed by atoms with Crippen LogP contribution < -0.4 is 16.4 Å². The fourth-order valence-corrected chi connectivity index (χ4v) is 2.93. The van der Waals surface area contributed by atoms with Crippen LogP contribution in [0.25, 0.3) is 0 Å². The van der Waals surface area contributed by atoms with Crippen molar-refractivity contribution < 1.29 is 18.8 Å². The first-order valence-electron chi connectivity index (χ1n) is 8.60. The third-order valence-electron chi connectivity index (χ3n) is 4.06. The fourth-order valence-electron chi connectivity index (χ4n) is 2.66. The van der Waals surface area contributed by atoms with Crippen molar-refractivity contribution in [3.8, 4) is 0 Å². The molecule has 3 amide bonds. The minimum Gasteiger partial charge on any atom is -0.368 e. The van der Waals surface area contributed by atoms with Crippen LogP contribution in [-0.4, -0.2) is 29.8 Å². The molecule has 0 spiro atoms. The Bertz CT molecular complexity index is 841. The van der Waals surface area contributed by atoms with E-state index in [-0.39, 0.29) is 12.8 Å². The lowest BCUT2D eigenvalue weighted by molar-refractivity contribution is -0.130. The third-order valence-corrected chi connectivity index (χ3v) is 4.59. The maximum absolute atomic E-state index is 13.1. The quantitative estimate of drug-likeness (QED) is 0.572. The molecule has 6 nitrogen and oxygen atoms in total. The molecule has 0 radical (unpaired) electrons. The van der Waals surface area contributed by atoms with Gasteiger partial charge in [-0.15, -0.1) is 0 Å². The normalized spacial score (nSPS) is 12.7. The zero-order valence-electron chi connectivity index (χ0n) is 15.2. The summed E-state index contributed by atoms with van der Waals surface area (Å²) in [5.41, 5.74) is 6.93. The SMILES string of the molecule is CC(=O)N[C@H](Cc1ccc(F)cc1)C(=O)N[C@H](Cc1ccc(Br)cc1)C(N)=O. The number of hydrogen-bond donors (Lipinski definition) is 3. The largest absolute Gasteiger partial charge is 0.368 e. The summed E-state index contributed by atoms with van der Waals surface area (Å²) in [5.74, 6) is -2.02. The van der Waals surface area contributed by atoms with Gasteiger partial charge < -0.3 is 16.4 Å². The van der Waals surface area contributed by atoms with E-state index < -0.39 is 35.6 Å². The van der Waals surface area contributed by atoms with Gasteiger partial charge in [0.05, 0.1) is 0 Å². The molecule has 0 aliphatic heterocycles. The number of amides is 3. The van der Waals surface area contributed by atoms with Gasteiger partial charge in [0.2, 0.25) is 17.7 Å². The van der Waals surface area contributed by atoms with Crippen molar-refractivity contribution in [2.24, 2.45) is 5.73 Å². The summed E-state index contributed by atoms with van der Waals surface area (Å²) in [6.07, 6.45) is 0.368. The first-order valence-corrected chi connectivity index (χ1v) is 9.39. The van der Waals surface area contributed by atoms with Crippen LogP contribution in [0.2, 0.25) is 0 Å². The van der Waals surface area contributed by atoms with Gasteiger partial charge in [0.1, 0.15) is 17.9 Å². The summed E-state index contributed by atoms with van der Waals surface area (Å²) < 4.78 is 14.0. The molecule has 0 saturated heterocycles. The van der Waals surface area contributed by atoms with Gasteiger partial charge in [-0.25, -0.2) is 4.39 Å². The van der Waals surface area contributed by atoms with E-state index in [4.69, 9.17) is 5.73 Å². The average Bonchev–Trinajstić information content (AvgIpc) is 2.63. The highest BCUT2D eigenvalue weighted by Gasteiger charge is 2.25. The van der Waals surface area contributed by atoms with Gasteiger partial charge in [-0.2, -0.15) is 0 Å². The lowest BCUT2D eigenvalue weighted by atomic mass is 10.0. The first kappa shape index (κ1) is 21.6. The predicted molar refractivity (Wildman–Crippen MR) is 107 cm³/mol. The lowest BCUT2D eigenvalue weighted by Gasteiger charge is -2.22. The molecule has 2 aromatic carbocycles. The number of nitrogens with two attached hydrogens (primary N) is 1. The first-order chi connectivity index (χ1) is 13.2. The van der Waals surface area contributed by atoms with Gasteiger partial charge in [0.25, 0.3) is 0 Å². The van der Waals surface area contributed by atoms with Crippen LogP contribution in [0, 0.1) is 5.82 Å². The molecule has 2 atom stereocenters. The van der Waals surface area contributed by atoms with Crippen molar-refractivity contribution in [3.05, 3.63) is 69.9 Å². The fraction of sp³-hybridized carbons (Fsp3) is 0.250. The van der Waals surface area contributed by atoms with Gasteiger partial charge in [-0.1, -0.05) is 40.2 Å². The Kier molecular flexibility index (Phi) is 7.69.